The fourth-order valence-electron chi connectivity index (χ4n) is 2.53. The minimum absolute atomic E-state index is 0.112. The molecule has 0 aromatic heterocycles. The second-order valence-electron chi connectivity index (χ2n) is 6.82. The first-order valence-corrected chi connectivity index (χ1v) is 13.6. The van der Waals surface area contributed by atoms with Crippen molar-refractivity contribution in [3.63, 3.8) is 0 Å². The molecular weight excluding hydrogens is 534 g/mol. The topological polar surface area (TPSA) is 24.7 Å². The molecule has 2 aromatic rings. The van der Waals surface area contributed by atoms with Gasteiger partial charge in [-0.2, -0.15) is 0 Å². The maximum absolute atomic E-state index is 4.88. The molecule has 136 valence electrons. The fraction of sp³-hybridized carbons (Fsp3) is 0.300. The summed E-state index contributed by atoms with van der Waals surface area (Å²) >= 11 is -0.472. The van der Waals surface area contributed by atoms with Crippen molar-refractivity contribution in [1.29, 1.82) is 0 Å². The minimum atomic E-state index is -0.472. The molecule has 0 radical (unpaired) electrons. The Morgan fingerprint density at radius 1 is 0.640 bits per heavy atom. The summed E-state index contributed by atoms with van der Waals surface area (Å²) in [6.07, 6.45) is 0. The van der Waals surface area contributed by atoms with Gasteiger partial charge in [0.25, 0.3) is 0 Å². The van der Waals surface area contributed by atoms with Gasteiger partial charge in [0.2, 0.25) is 0 Å². The first kappa shape index (κ1) is 20.4. The van der Waals surface area contributed by atoms with Gasteiger partial charge in [-0.15, -0.1) is 0 Å². The van der Waals surface area contributed by atoms with E-state index in [0.29, 0.717) is 0 Å². The molecule has 2 aliphatic heterocycles. The first-order chi connectivity index (χ1) is 11.8. The van der Waals surface area contributed by atoms with E-state index in [1.165, 1.54) is 22.6 Å². The van der Waals surface area contributed by atoms with Crippen LogP contribution < -0.4 is 0 Å². The monoisotopic (exact) mass is 555 g/mol. The number of halogens is 2. The van der Waals surface area contributed by atoms with E-state index in [1.54, 1.807) is 0 Å². The number of benzene rings is 2. The molecule has 0 amide bonds. The maximum atomic E-state index is 4.88. The molecule has 5 heteroatoms. The molecule has 0 saturated heterocycles. The van der Waals surface area contributed by atoms with Crippen molar-refractivity contribution in [1.82, 2.24) is 0 Å². The van der Waals surface area contributed by atoms with Crippen LogP contribution in [0.4, 0.5) is 0 Å². The molecule has 25 heavy (non-hydrogen) atoms. The third-order valence-electron chi connectivity index (χ3n) is 3.94. The van der Waals surface area contributed by atoms with E-state index in [1.807, 2.05) is 36.4 Å². The molecule has 4 rings (SSSR count). The molecule has 0 saturated carbocycles. The molecular formula is C20H22Cl2N2Pt. The summed E-state index contributed by atoms with van der Waals surface area (Å²) in [5, 5.41) is 0. The molecule has 2 aliphatic rings. The Hall–Kier alpha value is -0.952. The number of hydrogen-bond acceptors (Lipinski definition) is 2. The van der Waals surface area contributed by atoms with Gasteiger partial charge >= 0.3 is 35.3 Å². The van der Waals surface area contributed by atoms with Crippen molar-refractivity contribution in [3.05, 3.63) is 71.8 Å². The van der Waals surface area contributed by atoms with Crippen LogP contribution >= 0.6 is 18.8 Å². The Balaban J connectivity index is 0.000000156. The zero-order valence-electron chi connectivity index (χ0n) is 14.7. The van der Waals surface area contributed by atoms with Gasteiger partial charge in [0.05, 0.1) is 22.5 Å². The molecule has 2 heterocycles. The average Bonchev–Trinajstić information content (AvgIpc) is 3.44. The molecule has 0 aliphatic carbocycles. The van der Waals surface area contributed by atoms with Gasteiger partial charge in [-0.1, -0.05) is 60.7 Å². The molecule has 0 fully saturated rings. The van der Waals surface area contributed by atoms with Crippen molar-refractivity contribution < 1.29 is 16.5 Å². The number of aliphatic imine (C=N–C) groups is 2. The van der Waals surface area contributed by atoms with Crippen LogP contribution in [0.5, 0.6) is 0 Å². The van der Waals surface area contributed by atoms with Crippen LogP contribution in [0.2, 0.25) is 0 Å². The van der Waals surface area contributed by atoms with Gasteiger partial charge in [-0.3, -0.25) is 9.98 Å². The Kier molecular flexibility index (Phi) is 7.02. The fourth-order valence-corrected chi connectivity index (χ4v) is 2.53. The Labute approximate surface area is 166 Å². The van der Waals surface area contributed by atoms with Crippen molar-refractivity contribution in [3.8, 4) is 0 Å². The summed E-state index contributed by atoms with van der Waals surface area (Å²) in [4.78, 5) is 8.75. The Bertz CT molecular complexity index is 688. The molecule has 2 nitrogen and oxygen atoms in total. The van der Waals surface area contributed by atoms with Crippen molar-refractivity contribution in [2.24, 2.45) is 9.98 Å². The van der Waals surface area contributed by atoms with E-state index >= 15 is 0 Å². The molecule has 0 spiro atoms. The van der Waals surface area contributed by atoms with Crippen molar-refractivity contribution in [2.75, 3.05) is 0 Å². The molecule has 0 unspecified atom stereocenters. The van der Waals surface area contributed by atoms with Crippen LogP contribution in [0.3, 0.4) is 0 Å². The van der Waals surface area contributed by atoms with Crippen LogP contribution in [0.1, 0.15) is 38.8 Å². The van der Waals surface area contributed by atoms with E-state index in [2.05, 4.69) is 61.9 Å². The van der Waals surface area contributed by atoms with Gasteiger partial charge in [0.1, 0.15) is 0 Å². The van der Waals surface area contributed by atoms with Gasteiger partial charge < -0.3 is 0 Å². The third-order valence-corrected chi connectivity index (χ3v) is 3.94. The zero-order valence-corrected chi connectivity index (χ0v) is 18.5. The third kappa shape index (κ3) is 6.06. The van der Waals surface area contributed by atoms with Gasteiger partial charge in [0.15, 0.2) is 0 Å². The summed E-state index contributed by atoms with van der Waals surface area (Å²) < 4.78 is 0. The molecule has 0 atom stereocenters. The molecule has 2 aromatic carbocycles. The van der Waals surface area contributed by atoms with E-state index in [9.17, 15) is 0 Å². The SMILES string of the molecule is CC1(C)N=C1c1ccccc1.CC1(C)N=C1c1ccccc1.[Cl][Pt][Cl]. The summed E-state index contributed by atoms with van der Waals surface area (Å²) in [7, 11) is 9.75. The van der Waals surface area contributed by atoms with Crippen LogP contribution in [0.15, 0.2) is 70.6 Å². The van der Waals surface area contributed by atoms with E-state index < -0.39 is 16.5 Å². The van der Waals surface area contributed by atoms with E-state index in [4.69, 9.17) is 18.8 Å². The number of nitrogens with zero attached hydrogens (tertiary/aromatic N) is 2. The Morgan fingerprint density at radius 2 is 0.880 bits per heavy atom. The van der Waals surface area contributed by atoms with Gasteiger partial charge in [-0.05, 0) is 38.8 Å². The molecule has 0 N–H and O–H groups in total. The average molecular weight is 556 g/mol. The summed E-state index contributed by atoms with van der Waals surface area (Å²) in [6, 6.07) is 20.7. The van der Waals surface area contributed by atoms with E-state index in [0.717, 1.165) is 0 Å². The summed E-state index contributed by atoms with van der Waals surface area (Å²) in [5.41, 5.74) is 5.22. The zero-order chi connectivity index (χ0) is 18.5. The Morgan fingerprint density at radius 3 is 1.08 bits per heavy atom. The predicted molar refractivity (Wildman–Crippen MR) is 106 cm³/mol. The second kappa shape index (κ2) is 8.62. The number of rotatable bonds is 2. The quantitative estimate of drug-likeness (QED) is 0.440. The van der Waals surface area contributed by atoms with Crippen LogP contribution in [0, 0.1) is 0 Å². The van der Waals surface area contributed by atoms with Crippen LogP contribution in [-0.2, 0) is 16.5 Å². The van der Waals surface area contributed by atoms with Gasteiger partial charge in [0, 0.05) is 0 Å². The first-order valence-electron chi connectivity index (χ1n) is 7.95. The normalized spacial score (nSPS) is 17.8. The predicted octanol–water partition coefficient (Wildman–Crippen LogP) is 5.91. The second-order valence-corrected chi connectivity index (χ2v) is 10.1. The van der Waals surface area contributed by atoms with Gasteiger partial charge in [-0.25, -0.2) is 0 Å². The van der Waals surface area contributed by atoms with E-state index in [-0.39, 0.29) is 11.1 Å². The number of hydrogen-bond donors (Lipinski definition) is 0. The standard InChI is InChI=1S/2C10H11N.2ClH.Pt/c2*1-10(2)9(11-10)8-6-4-3-5-7-8;;;/h2*3-7H,1-2H3;2*1H;/q;;;;+2/p-2. The van der Waals surface area contributed by atoms with Crippen molar-refractivity contribution in [2.45, 2.75) is 38.8 Å². The van der Waals surface area contributed by atoms with Crippen molar-refractivity contribution >= 4 is 30.3 Å². The van der Waals surface area contributed by atoms with Crippen LogP contribution in [0.25, 0.3) is 0 Å². The molecule has 0 bridgehead atoms. The summed E-state index contributed by atoms with van der Waals surface area (Å²) in [5.74, 6) is 0. The summed E-state index contributed by atoms with van der Waals surface area (Å²) in [6.45, 7) is 8.54. The van der Waals surface area contributed by atoms with Crippen LogP contribution in [-0.4, -0.2) is 22.5 Å².